The molecule has 6 aromatic carbocycles. The topological polar surface area (TPSA) is 17.8 Å². The van der Waals surface area contributed by atoms with Gasteiger partial charge in [-0.2, -0.15) is 0 Å². The molecule has 0 fully saturated rings. The van der Waals surface area contributed by atoms with Gasteiger partial charge < -0.3 is 4.57 Å². The second-order valence-corrected chi connectivity index (χ2v) is 10.4. The number of aromatic nitrogens is 2. The molecule has 9 rings (SSSR count). The summed E-state index contributed by atoms with van der Waals surface area (Å²) in [5.41, 5.74) is 12.4. The van der Waals surface area contributed by atoms with Crippen LogP contribution in [-0.4, -0.2) is 9.55 Å². The van der Waals surface area contributed by atoms with Crippen LogP contribution in [0, 0.1) is 0 Å². The molecule has 0 saturated carbocycles. The van der Waals surface area contributed by atoms with Gasteiger partial charge in [0.1, 0.15) is 0 Å². The summed E-state index contributed by atoms with van der Waals surface area (Å²) in [6, 6.07) is 46.3. The molecule has 1 aliphatic rings. The molecule has 0 aliphatic heterocycles. The Balaban J connectivity index is 1.26. The molecule has 0 atom stereocenters. The Bertz CT molecular complexity index is 2240. The lowest BCUT2D eigenvalue weighted by Crippen LogP contribution is -1.95. The third kappa shape index (κ3) is 2.78. The van der Waals surface area contributed by atoms with E-state index in [-0.39, 0.29) is 0 Å². The molecule has 0 N–H and O–H groups in total. The minimum atomic E-state index is 1.01. The maximum atomic E-state index is 4.64. The molecule has 0 unspecified atom stereocenters. The van der Waals surface area contributed by atoms with E-state index < -0.39 is 0 Å². The molecule has 39 heavy (non-hydrogen) atoms. The highest BCUT2D eigenvalue weighted by Crippen LogP contribution is 2.49. The van der Waals surface area contributed by atoms with Gasteiger partial charge in [0.2, 0.25) is 0 Å². The average molecular weight is 495 g/mol. The molecular formula is C37H22N2. The van der Waals surface area contributed by atoms with Crippen molar-refractivity contribution in [3.05, 3.63) is 134 Å². The van der Waals surface area contributed by atoms with Crippen LogP contribution in [0.5, 0.6) is 0 Å². The second kappa shape index (κ2) is 7.66. The zero-order valence-electron chi connectivity index (χ0n) is 21.1. The zero-order chi connectivity index (χ0) is 25.5. The monoisotopic (exact) mass is 494 g/mol. The number of hydrogen-bond donors (Lipinski definition) is 0. The van der Waals surface area contributed by atoms with Crippen LogP contribution in [0.1, 0.15) is 0 Å². The van der Waals surface area contributed by atoms with E-state index in [1.54, 1.807) is 0 Å². The number of benzene rings is 6. The summed E-state index contributed by atoms with van der Waals surface area (Å²) in [5, 5.41) is 6.35. The molecule has 2 heterocycles. The van der Waals surface area contributed by atoms with E-state index in [4.69, 9.17) is 0 Å². The average Bonchev–Trinajstić information content (AvgIpc) is 3.52. The van der Waals surface area contributed by atoms with Crippen molar-refractivity contribution in [2.75, 3.05) is 0 Å². The summed E-state index contributed by atoms with van der Waals surface area (Å²) < 4.78 is 2.39. The predicted octanol–water partition coefficient (Wildman–Crippen LogP) is 9.80. The maximum absolute atomic E-state index is 4.64. The quantitative estimate of drug-likeness (QED) is 0.234. The van der Waals surface area contributed by atoms with E-state index in [2.05, 4.69) is 131 Å². The van der Waals surface area contributed by atoms with Crippen molar-refractivity contribution >= 4 is 43.5 Å². The highest BCUT2D eigenvalue weighted by Gasteiger charge is 2.22. The van der Waals surface area contributed by atoms with E-state index in [1.807, 2.05) is 12.3 Å². The number of para-hydroxylation sites is 1. The summed E-state index contributed by atoms with van der Waals surface area (Å²) in [5.74, 6) is 0. The van der Waals surface area contributed by atoms with Crippen LogP contribution < -0.4 is 0 Å². The van der Waals surface area contributed by atoms with Gasteiger partial charge in [-0.3, -0.25) is 4.98 Å². The van der Waals surface area contributed by atoms with Crippen molar-refractivity contribution in [1.29, 1.82) is 0 Å². The summed E-state index contributed by atoms with van der Waals surface area (Å²) >= 11 is 0. The largest absolute Gasteiger partial charge is 0.309 e. The molecule has 2 aromatic heterocycles. The molecule has 2 heteroatoms. The molecule has 1 aliphatic carbocycles. The van der Waals surface area contributed by atoms with Gasteiger partial charge in [-0.1, -0.05) is 91.0 Å². The van der Waals surface area contributed by atoms with Crippen molar-refractivity contribution < 1.29 is 0 Å². The standard InChI is InChI=1S/C37H22N2/c1-2-8-27-26(7-1)30-11-5-10-29-25(18-19-31(27)36(29)30)23-14-16-24(17-15-23)39-35-13-4-3-9-28(35)32-20-21-34-33(37(32)39)12-6-22-38-34/h1-22H. The summed E-state index contributed by atoms with van der Waals surface area (Å²) in [6.07, 6.45) is 1.87. The fourth-order valence-electron chi connectivity index (χ4n) is 6.73. The van der Waals surface area contributed by atoms with E-state index in [9.17, 15) is 0 Å². The first-order chi connectivity index (χ1) is 19.4. The van der Waals surface area contributed by atoms with Crippen LogP contribution in [0.15, 0.2) is 134 Å². The van der Waals surface area contributed by atoms with Gasteiger partial charge >= 0.3 is 0 Å². The SMILES string of the molecule is c1ccc2c(c1)-c1cccc3c(-c4ccc(-n5c6ccccc6c6ccc7ncccc7c65)cc4)ccc-2c13. The lowest BCUT2D eigenvalue weighted by molar-refractivity contribution is 1.19. The minimum absolute atomic E-state index is 1.01. The Morgan fingerprint density at radius 1 is 0.436 bits per heavy atom. The summed E-state index contributed by atoms with van der Waals surface area (Å²) in [6.45, 7) is 0. The molecule has 8 aromatic rings. The van der Waals surface area contributed by atoms with Gasteiger partial charge in [0.15, 0.2) is 0 Å². The van der Waals surface area contributed by atoms with E-state index in [1.165, 1.54) is 71.3 Å². The molecule has 180 valence electrons. The molecular weight excluding hydrogens is 472 g/mol. The number of nitrogens with zero attached hydrogens (tertiary/aromatic N) is 2. The summed E-state index contributed by atoms with van der Waals surface area (Å²) in [7, 11) is 0. The first kappa shape index (κ1) is 20.8. The third-order valence-electron chi connectivity index (χ3n) is 8.40. The van der Waals surface area contributed by atoms with Crippen LogP contribution in [0.4, 0.5) is 0 Å². The van der Waals surface area contributed by atoms with E-state index >= 15 is 0 Å². The van der Waals surface area contributed by atoms with Crippen LogP contribution in [0.2, 0.25) is 0 Å². The molecule has 0 bridgehead atoms. The van der Waals surface area contributed by atoms with Gasteiger partial charge in [-0.25, -0.2) is 0 Å². The smallest absolute Gasteiger partial charge is 0.0723 e. The van der Waals surface area contributed by atoms with Gasteiger partial charge in [0.25, 0.3) is 0 Å². The zero-order valence-corrected chi connectivity index (χ0v) is 21.1. The van der Waals surface area contributed by atoms with Gasteiger partial charge in [-0.05, 0) is 80.6 Å². The molecule has 2 nitrogen and oxygen atoms in total. The Kier molecular flexibility index (Phi) is 4.08. The third-order valence-corrected chi connectivity index (χ3v) is 8.40. The first-order valence-electron chi connectivity index (χ1n) is 13.4. The highest BCUT2D eigenvalue weighted by molar-refractivity contribution is 6.19. The molecule has 0 amide bonds. The Labute approximate surface area is 225 Å². The second-order valence-electron chi connectivity index (χ2n) is 10.4. The van der Waals surface area contributed by atoms with Crippen LogP contribution in [0.3, 0.4) is 0 Å². The maximum Gasteiger partial charge on any atom is 0.0723 e. The van der Waals surface area contributed by atoms with Crippen molar-refractivity contribution in [2.24, 2.45) is 0 Å². The fourth-order valence-corrected chi connectivity index (χ4v) is 6.73. The molecule has 0 saturated heterocycles. The number of fused-ring (bicyclic) bond motifs is 8. The van der Waals surface area contributed by atoms with Crippen LogP contribution in [-0.2, 0) is 0 Å². The van der Waals surface area contributed by atoms with Gasteiger partial charge in [-0.15, -0.1) is 0 Å². The predicted molar refractivity (Wildman–Crippen MR) is 163 cm³/mol. The Morgan fingerprint density at radius 3 is 2.00 bits per heavy atom. The first-order valence-corrected chi connectivity index (χ1v) is 13.4. The van der Waals surface area contributed by atoms with Crippen molar-refractivity contribution in [1.82, 2.24) is 9.55 Å². The van der Waals surface area contributed by atoms with Gasteiger partial charge in [0.05, 0.1) is 16.6 Å². The Hall–Kier alpha value is -5.21. The van der Waals surface area contributed by atoms with Crippen molar-refractivity contribution in [3.63, 3.8) is 0 Å². The minimum Gasteiger partial charge on any atom is -0.309 e. The normalized spacial score (nSPS) is 12.1. The number of rotatable bonds is 2. The van der Waals surface area contributed by atoms with E-state index in [0.29, 0.717) is 0 Å². The van der Waals surface area contributed by atoms with Crippen LogP contribution in [0.25, 0.3) is 82.5 Å². The lowest BCUT2D eigenvalue weighted by atomic mass is 9.94. The summed E-state index contributed by atoms with van der Waals surface area (Å²) in [4.78, 5) is 4.64. The lowest BCUT2D eigenvalue weighted by Gasteiger charge is -2.13. The van der Waals surface area contributed by atoms with Crippen LogP contribution >= 0.6 is 0 Å². The highest BCUT2D eigenvalue weighted by atomic mass is 15.0. The van der Waals surface area contributed by atoms with Crippen molar-refractivity contribution in [2.45, 2.75) is 0 Å². The number of pyridine rings is 1. The molecule has 0 radical (unpaired) electrons. The van der Waals surface area contributed by atoms with Gasteiger partial charge in [0, 0.05) is 28.0 Å². The fraction of sp³-hybridized carbons (Fsp3) is 0. The Morgan fingerprint density at radius 2 is 1.13 bits per heavy atom. The van der Waals surface area contributed by atoms with E-state index in [0.717, 1.165) is 11.2 Å². The number of hydrogen-bond acceptors (Lipinski definition) is 1. The van der Waals surface area contributed by atoms with Crippen molar-refractivity contribution in [3.8, 4) is 39.1 Å². The molecule has 0 spiro atoms.